The van der Waals surface area contributed by atoms with Crippen LogP contribution in [0.15, 0.2) is 20.6 Å². The van der Waals surface area contributed by atoms with Gasteiger partial charge in [0.2, 0.25) is 0 Å². The molecule has 0 bridgehead atoms. The lowest BCUT2D eigenvalue weighted by Crippen LogP contribution is -2.15. The minimum Gasteiger partial charge on any atom is -0.224 e. The number of halogens is 6. The van der Waals surface area contributed by atoms with Gasteiger partial charge in [0.15, 0.2) is 9.84 Å². The molecule has 0 unspecified atom stereocenters. The van der Waals surface area contributed by atoms with E-state index in [9.17, 15) is 34.8 Å². The summed E-state index contributed by atoms with van der Waals surface area (Å²) in [4.78, 5) is -1.97. The van der Waals surface area contributed by atoms with Gasteiger partial charge in [-0.1, -0.05) is 104 Å². The Morgan fingerprint density at radius 1 is 0.643 bits per heavy atom. The van der Waals surface area contributed by atoms with Crippen LogP contribution in [0.2, 0.25) is 0 Å². The predicted octanol–water partition coefficient (Wildman–Crippen LogP) is 12.7. The third-order valence-corrected chi connectivity index (χ3v) is 12.5. The Kier molecular flexibility index (Phi) is 16.3. The van der Waals surface area contributed by atoms with E-state index in [0.29, 0.717) is 40.2 Å². The molecule has 0 aliphatic rings. The van der Waals surface area contributed by atoms with Gasteiger partial charge in [0.1, 0.15) is 0 Å². The van der Waals surface area contributed by atoms with E-state index in [4.69, 9.17) is 0 Å². The molecule has 0 spiro atoms. The van der Waals surface area contributed by atoms with Crippen molar-refractivity contribution in [1.29, 1.82) is 0 Å². The average molecular weight is 679 g/mol. The number of unbranched alkanes of at least 4 members (excludes halogenated alkanes) is 14. The number of thiophene rings is 2. The van der Waals surface area contributed by atoms with Gasteiger partial charge >= 0.3 is 12.4 Å². The van der Waals surface area contributed by atoms with Crippen molar-refractivity contribution in [2.45, 2.75) is 139 Å². The first-order valence-electron chi connectivity index (χ1n) is 15.1. The molecule has 0 amide bonds. The zero-order valence-corrected chi connectivity index (χ0v) is 27.9. The highest BCUT2D eigenvalue weighted by Crippen LogP contribution is 2.52. The largest absolute Gasteiger partial charge is 0.418 e. The molecule has 2 aromatic rings. The first-order valence-corrected chi connectivity index (χ1v) is 19.5. The fourth-order valence-corrected chi connectivity index (χ4v) is 10.7. The first kappa shape index (κ1) is 37.5. The van der Waals surface area contributed by atoms with Crippen LogP contribution in [-0.4, -0.2) is 19.9 Å². The van der Waals surface area contributed by atoms with Gasteiger partial charge in [0.25, 0.3) is 0 Å². The Bertz CT molecular complexity index is 1150. The van der Waals surface area contributed by atoms with Crippen molar-refractivity contribution in [3.8, 4) is 9.75 Å². The molecule has 242 valence electrons. The topological polar surface area (TPSA) is 34.1 Å². The van der Waals surface area contributed by atoms with Crippen LogP contribution in [0, 0.1) is 0 Å². The van der Waals surface area contributed by atoms with Crippen molar-refractivity contribution in [2.24, 2.45) is 0 Å². The van der Waals surface area contributed by atoms with Crippen molar-refractivity contribution in [1.82, 2.24) is 0 Å². The maximum Gasteiger partial charge on any atom is 0.418 e. The Hall–Kier alpha value is -0.720. The second-order valence-corrected chi connectivity index (χ2v) is 15.7. The summed E-state index contributed by atoms with van der Waals surface area (Å²) in [6.07, 6.45) is 5.33. The molecule has 0 aromatic carbocycles. The zero-order valence-electron chi connectivity index (χ0n) is 24.6. The summed E-state index contributed by atoms with van der Waals surface area (Å²) in [5.41, 5.74) is -2.41. The van der Waals surface area contributed by atoms with E-state index in [1.54, 1.807) is 0 Å². The molecule has 0 fully saturated rings. The Morgan fingerprint density at radius 2 is 1.12 bits per heavy atom. The number of sulfone groups is 1. The number of thioether (sulfide) groups is 1. The summed E-state index contributed by atoms with van der Waals surface area (Å²) >= 11 is 2.13. The van der Waals surface area contributed by atoms with Crippen molar-refractivity contribution < 1.29 is 34.8 Å². The normalized spacial score (nSPS) is 12.9. The summed E-state index contributed by atoms with van der Waals surface area (Å²) in [5, 5.41) is 1.94. The fraction of sp³-hybridized carbons (Fsp3) is 0.733. The van der Waals surface area contributed by atoms with Gasteiger partial charge in [-0.2, -0.15) is 26.3 Å². The van der Waals surface area contributed by atoms with Crippen LogP contribution in [0.25, 0.3) is 9.75 Å². The van der Waals surface area contributed by atoms with Gasteiger partial charge in [-0.25, -0.2) is 8.42 Å². The standard InChI is InChI=1S/C30H44F6O2S4/c1-3-5-7-9-11-13-15-17-19-39-24-22-41-26(25(24)30(34,35)36)27-28(23(21-40-27)29(31,32)33)42(37,38)20-18-16-14-12-10-8-6-4-2/h21-22H,3-20H2,1-2H3. The maximum atomic E-state index is 14.3. The van der Waals surface area contributed by atoms with Crippen LogP contribution in [0.5, 0.6) is 0 Å². The highest BCUT2D eigenvalue weighted by atomic mass is 32.2. The quantitative estimate of drug-likeness (QED) is 0.0749. The number of rotatable bonds is 21. The number of hydrogen-bond acceptors (Lipinski definition) is 5. The molecule has 0 N–H and O–H groups in total. The van der Waals surface area contributed by atoms with Gasteiger partial charge in [-0.05, 0) is 18.6 Å². The van der Waals surface area contributed by atoms with Gasteiger partial charge in [-0.15, -0.1) is 34.4 Å². The van der Waals surface area contributed by atoms with Gasteiger partial charge < -0.3 is 0 Å². The molecule has 42 heavy (non-hydrogen) atoms. The van der Waals surface area contributed by atoms with E-state index < -0.39 is 53.7 Å². The van der Waals surface area contributed by atoms with E-state index in [2.05, 4.69) is 13.8 Å². The third kappa shape index (κ3) is 12.0. The molecule has 0 aliphatic carbocycles. The average Bonchev–Trinajstić information content (AvgIpc) is 3.54. The third-order valence-electron chi connectivity index (χ3n) is 7.13. The second kappa shape index (κ2) is 18.3. The van der Waals surface area contributed by atoms with Crippen LogP contribution in [0.3, 0.4) is 0 Å². The lowest BCUT2D eigenvalue weighted by molar-refractivity contribution is -0.139. The Labute approximate surface area is 260 Å². The molecule has 0 saturated heterocycles. The molecule has 0 radical (unpaired) electrons. The summed E-state index contributed by atoms with van der Waals surface area (Å²) in [6, 6.07) is 0. The van der Waals surface area contributed by atoms with Crippen molar-refractivity contribution in [2.75, 3.05) is 11.5 Å². The molecule has 2 rings (SSSR count). The number of alkyl halides is 6. The van der Waals surface area contributed by atoms with Gasteiger partial charge in [0.05, 0.1) is 31.5 Å². The van der Waals surface area contributed by atoms with Crippen molar-refractivity contribution in [3.63, 3.8) is 0 Å². The molecule has 2 heterocycles. The van der Waals surface area contributed by atoms with Crippen LogP contribution in [0.4, 0.5) is 26.3 Å². The van der Waals surface area contributed by atoms with E-state index in [0.717, 1.165) is 88.8 Å². The molecule has 2 nitrogen and oxygen atoms in total. The van der Waals surface area contributed by atoms with Crippen molar-refractivity contribution in [3.05, 3.63) is 21.9 Å². The summed E-state index contributed by atoms with van der Waals surface area (Å²) in [7, 11) is -4.48. The van der Waals surface area contributed by atoms with E-state index in [-0.39, 0.29) is 11.3 Å². The highest BCUT2D eigenvalue weighted by molar-refractivity contribution is 7.99. The maximum absolute atomic E-state index is 14.3. The molecule has 0 atom stereocenters. The predicted molar refractivity (Wildman–Crippen MR) is 166 cm³/mol. The molecule has 12 heteroatoms. The van der Waals surface area contributed by atoms with Crippen LogP contribution >= 0.6 is 34.4 Å². The summed E-state index contributed by atoms with van der Waals surface area (Å²) in [5.74, 6) is -0.0718. The molecule has 0 aliphatic heterocycles. The van der Waals surface area contributed by atoms with Gasteiger partial charge in [-0.3, -0.25) is 0 Å². The monoisotopic (exact) mass is 678 g/mol. The van der Waals surface area contributed by atoms with E-state index in [1.165, 1.54) is 18.2 Å². The van der Waals surface area contributed by atoms with E-state index >= 15 is 0 Å². The molecular weight excluding hydrogens is 635 g/mol. The molecule has 0 saturated carbocycles. The minimum absolute atomic E-state index is 0.0566. The second-order valence-electron chi connectivity index (χ2n) is 10.7. The summed E-state index contributed by atoms with van der Waals surface area (Å²) < 4.78 is 111. The Balaban J connectivity index is 2.21. The van der Waals surface area contributed by atoms with Crippen molar-refractivity contribution >= 4 is 44.3 Å². The zero-order chi connectivity index (χ0) is 31.2. The van der Waals surface area contributed by atoms with E-state index in [1.807, 2.05) is 0 Å². The molecule has 2 aromatic heterocycles. The lowest BCUT2D eigenvalue weighted by Gasteiger charge is -2.14. The summed E-state index contributed by atoms with van der Waals surface area (Å²) in [6.45, 7) is 4.25. The lowest BCUT2D eigenvalue weighted by atomic mass is 10.1. The number of hydrogen-bond donors (Lipinski definition) is 0. The minimum atomic E-state index is -5.00. The van der Waals surface area contributed by atoms with Crippen LogP contribution < -0.4 is 0 Å². The van der Waals surface area contributed by atoms with Crippen LogP contribution in [0.1, 0.15) is 128 Å². The van der Waals surface area contributed by atoms with Gasteiger partial charge in [0, 0.05) is 15.7 Å². The molecular formula is C30H44F6O2S4. The smallest absolute Gasteiger partial charge is 0.224 e. The van der Waals surface area contributed by atoms with Crippen LogP contribution in [-0.2, 0) is 22.2 Å². The SMILES string of the molecule is CCCCCCCCCCSc1csc(-c2scc(C(F)(F)F)c2S(=O)(=O)CCCCCCCCCC)c1C(F)(F)F. The Morgan fingerprint density at radius 3 is 1.62 bits per heavy atom. The fourth-order valence-electron chi connectivity index (χ4n) is 4.84. The highest BCUT2D eigenvalue weighted by Gasteiger charge is 2.44. The first-order chi connectivity index (χ1) is 19.8.